The first-order valence-electron chi connectivity index (χ1n) is 14.1. The number of benzene rings is 4. The minimum Gasteiger partial charge on any atom is -0.461 e. The molecule has 1 N–H and O–H groups in total. The first-order valence-corrected chi connectivity index (χ1v) is 14.1. The van der Waals surface area contributed by atoms with Gasteiger partial charge in [0.15, 0.2) is 5.75 Å². The highest BCUT2D eigenvalue weighted by Gasteiger charge is 2.17. The van der Waals surface area contributed by atoms with Crippen LogP contribution in [0.5, 0.6) is 11.5 Å². The Balaban J connectivity index is 0.00000127. The summed E-state index contributed by atoms with van der Waals surface area (Å²) in [6.07, 6.45) is -0.613. The summed E-state index contributed by atoms with van der Waals surface area (Å²) in [6, 6.07) is 34.8. The number of nitrogens with one attached hydrogen (secondary N) is 1. The molecule has 208 valence electrons. The maximum Gasteiger partial charge on any atom is 0.239 e. The second-order valence-electron chi connectivity index (χ2n) is 8.86. The molecule has 39 heavy (non-hydrogen) atoms. The summed E-state index contributed by atoms with van der Waals surface area (Å²) in [6.45, 7) is 14.2. The fourth-order valence-corrected chi connectivity index (χ4v) is 4.28. The Morgan fingerprint density at radius 3 is 1.51 bits per heavy atom. The van der Waals surface area contributed by atoms with Gasteiger partial charge in [0.1, 0.15) is 5.75 Å². The molecule has 0 saturated heterocycles. The molecule has 0 radical (unpaired) electrons. The number of rotatable bonds is 10. The normalized spacial score (nSPS) is 11.8. The first-order chi connectivity index (χ1) is 19.1. The van der Waals surface area contributed by atoms with Crippen molar-refractivity contribution >= 4 is 0 Å². The van der Waals surface area contributed by atoms with E-state index in [1.54, 1.807) is 0 Å². The molecule has 0 aliphatic heterocycles. The van der Waals surface area contributed by atoms with E-state index in [-0.39, 0.29) is 0 Å². The van der Waals surface area contributed by atoms with Crippen LogP contribution in [0.3, 0.4) is 0 Å². The molecule has 2 unspecified atom stereocenters. The van der Waals surface area contributed by atoms with Gasteiger partial charge < -0.3 is 14.9 Å². The smallest absolute Gasteiger partial charge is 0.239 e. The molecule has 0 heterocycles. The zero-order chi connectivity index (χ0) is 28.6. The fraction of sp³-hybridized carbons (Fsp3) is 0.314. The van der Waals surface area contributed by atoms with Crippen molar-refractivity contribution in [2.75, 3.05) is 7.05 Å². The van der Waals surface area contributed by atoms with Gasteiger partial charge in [-0.05, 0) is 41.8 Å². The lowest BCUT2D eigenvalue weighted by Gasteiger charge is -2.21. The van der Waals surface area contributed by atoms with E-state index in [9.17, 15) is 0 Å². The van der Waals surface area contributed by atoms with E-state index in [4.69, 9.17) is 14.5 Å². The monoisotopic (exact) mass is 527 g/mol. The molecule has 4 aromatic rings. The van der Waals surface area contributed by atoms with E-state index in [2.05, 4.69) is 55.6 Å². The largest absolute Gasteiger partial charge is 0.461 e. The van der Waals surface area contributed by atoms with Crippen LogP contribution in [0.15, 0.2) is 103 Å². The third-order valence-electron chi connectivity index (χ3n) is 5.97. The molecule has 0 saturated carbocycles. The van der Waals surface area contributed by atoms with Crippen LogP contribution in [0.1, 0.15) is 60.1 Å². The van der Waals surface area contributed by atoms with Gasteiger partial charge in [-0.1, -0.05) is 133 Å². The predicted molar refractivity (Wildman–Crippen MR) is 165 cm³/mol. The Hall–Kier alpha value is -3.60. The standard InChI is InChI=1S/C31H33NO3.2C2H6/c1-22(2)30(32-4)26-18-20-27(21-19-26)33-23(3)34-35-31-28(24-12-7-5-8-13-24)16-11-17-29(31)25-14-9-6-10-15-25;2*1-2/h5-23,30,32H,1-4H3;2*1-2H3. The molecule has 0 spiro atoms. The van der Waals surface area contributed by atoms with Crippen LogP contribution in [-0.2, 0) is 4.89 Å². The van der Waals surface area contributed by atoms with Gasteiger partial charge in [0.25, 0.3) is 0 Å². The average Bonchev–Trinajstić information content (AvgIpc) is 3.00. The van der Waals surface area contributed by atoms with Crippen LogP contribution >= 0.6 is 0 Å². The molecular weight excluding hydrogens is 482 g/mol. The van der Waals surface area contributed by atoms with Crippen molar-refractivity contribution in [3.05, 3.63) is 109 Å². The first kappa shape index (κ1) is 31.6. The van der Waals surface area contributed by atoms with E-state index >= 15 is 0 Å². The highest BCUT2D eigenvalue weighted by Crippen LogP contribution is 2.39. The lowest BCUT2D eigenvalue weighted by atomic mass is 9.96. The van der Waals surface area contributed by atoms with E-state index in [1.165, 1.54) is 5.56 Å². The molecule has 4 nitrogen and oxygen atoms in total. The summed E-state index contributed by atoms with van der Waals surface area (Å²) in [5, 5.41) is 3.37. The van der Waals surface area contributed by atoms with Gasteiger partial charge in [0, 0.05) is 24.1 Å². The molecule has 0 aliphatic carbocycles. The van der Waals surface area contributed by atoms with Crippen molar-refractivity contribution in [1.29, 1.82) is 0 Å². The highest BCUT2D eigenvalue weighted by molar-refractivity contribution is 5.82. The number of para-hydroxylation sites is 1. The molecule has 2 atom stereocenters. The Morgan fingerprint density at radius 1 is 0.590 bits per heavy atom. The zero-order valence-corrected chi connectivity index (χ0v) is 24.8. The van der Waals surface area contributed by atoms with E-state index in [0.717, 1.165) is 28.0 Å². The van der Waals surface area contributed by atoms with Gasteiger partial charge in [-0.15, -0.1) is 4.89 Å². The second kappa shape index (κ2) is 17.1. The predicted octanol–water partition coefficient (Wildman–Crippen LogP) is 9.72. The zero-order valence-electron chi connectivity index (χ0n) is 24.8. The molecule has 0 bridgehead atoms. The second-order valence-corrected chi connectivity index (χ2v) is 8.86. The van der Waals surface area contributed by atoms with Crippen molar-refractivity contribution in [2.45, 2.75) is 60.8 Å². The van der Waals surface area contributed by atoms with Crippen molar-refractivity contribution in [2.24, 2.45) is 5.92 Å². The Morgan fingerprint density at radius 2 is 1.08 bits per heavy atom. The summed E-state index contributed by atoms with van der Waals surface area (Å²) in [5.74, 6) is 1.87. The quantitative estimate of drug-likeness (QED) is 0.127. The van der Waals surface area contributed by atoms with E-state index < -0.39 is 6.29 Å². The van der Waals surface area contributed by atoms with Gasteiger partial charge in [0.2, 0.25) is 6.29 Å². The van der Waals surface area contributed by atoms with Crippen LogP contribution in [0.4, 0.5) is 0 Å². The average molecular weight is 528 g/mol. The van der Waals surface area contributed by atoms with Gasteiger partial charge in [-0.25, -0.2) is 0 Å². The van der Waals surface area contributed by atoms with Crippen LogP contribution in [0.25, 0.3) is 22.3 Å². The van der Waals surface area contributed by atoms with E-state index in [1.807, 2.05) is 108 Å². The lowest BCUT2D eigenvalue weighted by molar-refractivity contribution is -0.288. The van der Waals surface area contributed by atoms with E-state index in [0.29, 0.717) is 17.7 Å². The lowest BCUT2D eigenvalue weighted by Crippen LogP contribution is -2.22. The van der Waals surface area contributed by atoms with Crippen LogP contribution < -0.4 is 14.9 Å². The summed E-state index contributed by atoms with van der Waals surface area (Å²) in [7, 11) is 1.99. The summed E-state index contributed by atoms with van der Waals surface area (Å²) < 4.78 is 5.99. The van der Waals surface area contributed by atoms with Crippen molar-refractivity contribution in [1.82, 2.24) is 5.32 Å². The minimum atomic E-state index is -0.613. The van der Waals surface area contributed by atoms with Crippen molar-refractivity contribution < 1.29 is 14.5 Å². The summed E-state index contributed by atoms with van der Waals surface area (Å²) in [4.78, 5) is 11.7. The van der Waals surface area contributed by atoms with Gasteiger partial charge in [-0.3, -0.25) is 0 Å². The maximum absolute atomic E-state index is 5.99. The van der Waals surface area contributed by atoms with Crippen molar-refractivity contribution in [3.8, 4) is 33.8 Å². The van der Waals surface area contributed by atoms with Gasteiger partial charge in [-0.2, -0.15) is 0 Å². The number of hydrogen-bond acceptors (Lipinski definition) is 4. The molecule has 0 amide bonds. The summed E-state index contributed by atoms with van der Waals surface area (Å²) in [5.41, 5.74) is 5.24. The Kier molecular flexibility index (Phi) is 13.8. The van der Waals surface area contributed by atoms with Crippen LogP contribution in [-0.4, -0.2) is 13.3 Å². The molecule has 0 aliphatic rings. The fourth-order valence-electron chi connectivity index (χ4n) is 4.28. The Labute approximate surface area is 235 Å². The van der Waals surface area contributed by atoms with Crippen molar-refractivity contribution in [3.63, 3.8) is 0 Å². The third-order valence-corrected chi connectivity index (χ3v) is 5.97. The summed E-state index contributed by atoms with van der Waals surface area (Å²) >= 11 is 0. The molecule has 0 fully saturated rings. The van der Waals surface area contributed by atoms with Crippen LogP contribution in [0.2, 0.25) is 0 Å². The SMILES string of the molecule is CC.CC.CNC(c1ccc(OC(C)OOc2c(-c3ccccc3)cccc2-c2ccccc2)cc1)C(C)C. The molecular formula is C35H45NO3. The Bertz CT molecular complexity index is 1130. The molecule has 4 heteroatoms. The van der Waals surface area contributed by atoms with Gasteiger partial charge >= 0.3 is 0 Å². The van der Waals surface area contributed by atoms with Gasteiger partial charge in [0.05, 0.1) is 0 Å². The third kappa shape index (κ3) is 8.98. The molecule has 0 aromatic heterocycles. The minimum absolute atomic E-state index is 0.298. The maximum atomic E-state index is 5.99. The molecule has 4 rings (SSSR count). The number of ether oxygens (including phenoxy) is 1. The number of hydrogen-bond donors (Lipinski definition) is 1. The highest BCUT2D eigenvalue weighted by atomic mass is 17.2. The molecule has 4 aromatic carbocycles. The van der Waals surface area contributed by atoms with Crippen LogP contribution in [0, 0.1) is 5.92 Å². The topological polar surface area (TPSA) is 39.7 Å².